The second-order valence-electron chi connectivity index (χ2n) is 7.54. The molecule has 2 aromatic carbocycles. The van der Waals surface area contributed by atoms with Crippen LogP contribution in [0.2, 0.25) is 0 Å². The number of nitrogens with one attached hydrogen (secondary N) is 1. The average Bonchev–Trinajstić information content (AvgIpc) is 2.86. The van der Waals surface area contributed by atoms with Gasteiger partial charge in [0.05, 0.1) is 18.7 Å². The maximum atomic E-state index is 12.6. The standard InChI is InChI=1S/C24H28Cl2N5O3P/c1-2-19-6-5-7-20(16-19)30-24-22-17-21(8-9-23(22)28-18-29-24)33-14-3-4-15-34-35(27,32)31(12-10-25)13-11-26/h1,5-9,16-18H,3-4,10-15H2,(H2,27,32)(H,28,29,30). The van der Waals surface area contributed by atoms with Crippen LogP contribution in [0.15, 0.2) is 48.8 Å². The molecule has 0 saturated carbocycles. The Hall–Kier alpha value is -2.37. The van der Waals surface area contributed by atoms with Gasteiger partial charge in [-0.2, -0.15) is 0 Å². The summed E-state index contributed by atoms with van der Waals surface area (Å²) in [5, 5.41) is 4.12. The van der Waals surface area contributed by atoms with Gasteiger partial charge in [0.15, 0.2) is 0 Å². The van der Waals surface area contributed by atoms with E-state index in [1.165, 1.54) is 11.0 Å². The first-order valence-corrected chi connectivity index (χ1v) is 13.8. The van der Waals surface area contributed by atoms with Gasteiger partial charge in [-0.15, -0.1) is 29.6 Å². The molecule has 0 fully saturated rings. The molecule has 3 N–H and O–H groups in total. The highest BCUT2D eigenvalue weighted by Gasteiger charge is 2.26. The highest BCUT2D eigenvalue weighted by Crippen LogP contribution is 2.42. The van der Waals surface area contributed by atoms with Crippen LogP contribution in [-0.2, 0) is 9.09 Å². The Labute approximate surface area is 215 Å². The summed E-state index contributed by atoms with van der Waals surface area (Å²) in [6, 6.07) is 13.2. The Morgan fingerprint density at radius 3 is 2.60 bits per heavy atom. The zero-order valence-electron chi connectivity index (χ0n) is 19.2. The normalized spacial score (nSPS) is 12.9. The first-order valence-electron chi connectivity index (χ1n) is 11.1. The smallest absolute Gasteiger partial charge is 0.340 e. The molecule has 3 aromatic rings. The quantitative estimate of drug-likeness (QED) is 0.123. The highest BCUT2D eigenvalue weighted by molar-refractivity contribution is 7.53. The van der Waals surface area contributed by atoms with Crippen LogP contribution in [0.25, 0.3) is 10.9 Å². The number of hydrogen-bond donors (Lipinski definition) is 2. The number of hydrogen-bond acceptors (Lipinski definition) is 6. The van der Waals surface area contributed by atoms with Crippen molar-refractivity contribution in [1.82, 2.24) is 14.6 Å². The molecular weight excluding hydrogens is 508 g/mol. The van der Waals surface area contributed by atoms with Gasteiger partial charge >= 0.3 is 7.67 Å². The second-order valence-corrected chi connectivity index (χ2v) is 10.2. The van der Waals surface area contributed by atoms with Gasteiger partial charge in [0.2, 0.25) is 0 Å². The van der Waals surface area contributed by atoms with Gasteiger partial charge < -0.3 is 14.6 Å². The number of aromatic nitrogens is 2. The van der Waals surface area contributed by atoms with E-state index in [-0.39, 0.29) is 6.61 Å². The first kappa shape index (κ1) is 27.2. The molecule has 11 heteroatoms. The third kappa shape index (κ3) is 8.08. The predicted octanol–water partition coefficient (Wildman–Crippen LogP) is 5.38. The molecule has 1 atom stereocenters. The van der Waals surface area contributed by atoms with Gasteiger partial charge in [-0.05, 0) is 49.2 Å². The Morgan fingerprint density at radius 2 is 1.86 bits per heavy atom. The molecule has 1 heterocycles. The SMILES string of the molecule is C#Cc1cccc(Nc2ncnc3ccc(OCCCCOP(N)(=O)N(CCCl)CCCl)cc23)c1. The second kappa shape index (κ2) is 13.6. The molecule has 0 aliphatic carbocycles. The molecule has 8 nitrogen and oxygen atoms in total. The van der Waals surface area contributed by atoms with Crippen LogP contribution in [0.4, 0.5) is 11.5 Å². The van der Waals surface area contributed by atoms with Crippen molar-refractivity contribution < 1.29 is 13.8 Å². The summed E-state index contributed by atoms with van der Waals surface area (Å²) in [7, 11) is -3.42. The van der Waals surface area contributed by atoms with Gasteiger partial charge in [0.25, 0.3) is 0 Å². The van der Waals surface area contributed by atoms with Gasteiger partial charge in [-0.25, -0.2) is 20.1 Å². The summed E-state index contributed by atoms with van der Waals surface area (Å²) < 4.78 is 25.4. The van der Waals surface area contributed by atoms with Crippen molar-refractivity contribution in [3.8, 4) is 18.1 Å². The van der Waals surface area contributed by atoms with Crippen molar-refractivity contribution in [2.75, 3.05) is 43.4 Å². The fraction of sp³-hybridized carbons (Fsp3) is 0.333. The molecule has 0 spiro atoms. The summed E-state index contributed by atoms with van der Waals surface area (Å²) >= 11 is 11.5. The van der Waals surface area contributed by atoms with Gasteiger partial charge in [0.1, 0.15) is 17.9 Å². The topological polar surface area (TPSA) is 103 Å². The average molecular weight is 536 g/mol. The lowest BCUT2D eigenvalue weighted by Crippen LogP contribution is -2.29. The lowest BCUT2D eigenvalue weighted by Gasteiger charge is -2.26. The van der Waals surface area contributed by atoms with Gasteiger partial charge in [-0.3, -0.25) is 4.57 Å². The number of rotatable bonds is 14. The van der Waals surface area contributed by atoms with Crippen molar-refractivity contribution in [2.45, 2.75) is 12.8 Å². The van der Waals surface area contributed by atoms with E-state index in [2.05, 4.69) is 21.2 Å². The Balaban J connectivity index is 1.54. The van der Waals surface area contributed by atoms with Crippen LogP contribution in [-0.4, -0.2) is 52.7 Å². The minimum Gasteiger partial charge on any atom is -0.494 e. The number of nitrogens with zero attached hydrogens (tertiary/aromatic N) is 3. The van der Waals surface area contributed by atoms with Crippen LogP contribution >= 0.6 is 30.9 Å². The molecule has 0 aliphatic rings. The Kier molecular flexibility index (Phi) is 10.6. The number of alkyl halides is 2. The summed E-state index contributed by atoms with van der Waals surface area (Å²) in [6.07, 6.45) is 8.33. The molecular formula is C24H28Cl2N5O3P. The van der Waals surface area contributed by atoms with E-state index >= 15 is 0 Å². The number of unbranched alkanes of at least 4 members (excludes halogenated alkanes) is 1. The molecule has 1 unspecified atom stereocenters. The van der Waals surface area contributed by atoms with E-state index in [0.29, 0.717) is 55.9 Å². The van der Waals surface area contributed by atoms with Crippen molar-refractivity contribution in [1.29, 1.82) is 0 Å². The molecule has 35 heavy (non-hydrogen) atoms. The zero-order chi connectivity index (χ0) is 25.1. The maximum Gasteiger partial charge on any atom is 0.340 e. The Morgan fingerprint density at radius 1 is 1.09 bits per heavy atom. The summed E-state index contributed by atoms with van der Waals surface area (Å²) in [5.74, 6) is 4.55. The molecule has 0 amide bonds. The molecule has 186 valence electrons. The fourth-order valence-corrected chi connectivity index (χ4v) is 5.26. The van der Waals surface area contributed by atoms with E-state index in [9.17, 15) is 4.57 Å². The number of terminal acetylenes is 1. The third-order valence-electron chi connectivity index (χ3n) is 5.06. The highest BCUT2D eigenvalue weighted by atomic mass is 35.5. The lowest BCUT2D eigenvalue weighted by molar-refractivity contribution is 0.243. The number of ether oxygens (including phenoxy) is 1. The third-order valence-corrected chi connectivity index (χ3v) is 7.14. The van der Waals surface area contributed by atoms with E-state index < -0.39 is 7.67 Å². The van der Waals surface area contributed by atoms with E-state index in [0.717, 1.165) is 22.2 Å². The summed E-state index contributed by atoms with van der Waals surface area (Å²) in [5.41, 5.74) is 8.26. The molecule has 0 saturated heterocycles. The summed E-state index contributed by atoms with van der Waals surface area (Å²) in [4.78, 5) is 8.71. The van der Waals surface area contributed by atoms with E-state index in [4.69, 9.17) is 44.4 Å². The van der Waals surface area contributed by atoms with Crippen molar-refractivity contribution in [3.63, 3.8) is 0 Å². The van der Waals surface area contributed by atoms with Gasteiger partial charge in [-0.1, -0.05) is 12.0 Å². The molecule has 0 bridgehead atoms. The van der Waals surface area contributed by atoms with Gasteiger partial charge in [0, 0.05) is 41.5 Å². The van der Waals surface area contributed by atoms with Crippen LogP contribution < -0.4 is 15.6 Å². The van der Waals surface area contributed by atoms with Crippen molar-refractivity contribution in [3.05, 3.63) is 54.4 Å². The number of benzene rings is 2. The lowest BCUT2D eigenvalue weighted by atomic mass is 10.2. The molecule has 3 rings (SSSR count). The minimum absolute atomic E-state index is 0.245. The van der Waals surface area contributed by atoms with Crippen LogP contribution in [0, 0.1) is 12.3 Å². The van der Waals surface area contributed by atoms with E-state index in [1.54, 1.807) is 0 Å². The van der Waals surface area contributed by atoms with Crippen molar-refractivity contribution in [2.24, 2.45) is 5.50 Å². The molecule has 0 aliphatic heterocycles. The number of anilines is 2. The number of halogens is 2. The number of nitrogens with two attached hydrogens (primary N) is 1. The summed E-state index contributed by atoms with van der Waals surface area (Å²) in [6.45, 7) is 1.40. The van der Waals surface area contributed by atoms with Crippen LogP contribution in [0.5, 0.6) is 5.75 Å². The monoisotopic (exact) mass is 535 g/mol. The van der Waals surface area contributed by atoms with Crippen molar-refractivity contribution >= 4 is 53.3 Å². The molecule has 1 aromatic heterocycles. The van der Waals surface area contributed by atoms with Crippen LogP contribution in [0.1, 0.15) is 18.4 Å². The zero-order valence-corrected chi connectivity index (χ0v) is 21.6. The fourth-order valence-electron chi connectivity index (χ4n) is 3.31. The first-order chi connectivity index (χ1) is 17.0. The van der Waals surface area contributed by atoms with Crippen LogP contribution in [0.3, 0.4) is 0 Å². The predicted molar refractivity (Wildman–Crippen MR) is 143 cm³/mol. The van der Waals surface area contributed by atoms with E-state index in [1.807, 2.05) is 42.5 Å². The minimum atomic E-state index is -3.42. The Bertz CT molecular complexity index is 1200. The largest absolute Gasteiger partial charge is 0.494 e. The maximum absolute atomic E-state index is 12.6. The number of fused-ring (bicyclic) bond motifs is 1. The molecule has 0 radical (unpaired) electrons.